The minimum atomic E-state index is -0.877. The number of nitrogens with zero attached hydrogens (tertiary/aromatic N) is 1. The van der Waals surface area contributed by atoms with Crippen LogP contribution in [-0.2, 0) is 9.53 Å². The fourth-order valence-electron chi connectivity index (χ4n) is 2.58. The number of ether oxygens (including phenoxy) is 1. The van der Waals surface area contributed by atoms with E-state index >= 15 is 0 Å². The van der Waals surface area contributed by atoms with Crippen molar-refractivity contribution in [3.63, 3.8) is 0 Å². The largest absolute Gasteiger partial charge is 0.479 e. The van der Waals surface area contributed by atoms with Crippen LogP contribution < -0.4 is 0 Å². The van der Waals surface area contributed by atoms with E-state index in [0.717, 1.165) is 6.54 Å². The van der Waals surface area contributed by atoms with Gasteiger partial charge in [0.1, 0.15) is 0 Å². The number of aliphatic carboxylic acids is 1. The Bertz CT molecular complexity index is 472. The third kappa shape index (κ3) is 3.14. The van der Waals surface area contributed by atoms with Gasteiger partial charge in [-0.2, -0.15) is 0 Å². The molecule has 1 aromatic rings. The Morgan fingerprint density at radius 1 is 1.47 bits per heavy atom. The van der Waals surface area contributed by atoms with E-state index in [1.54, 1.807) is 0 Å². The van der Waals surface area contributed by atoms with Crippen LogP contribution in [0.5, 0.6) is 0 Å². The van der Waals surface area contributed by atoms with Crippen LogP contribution in [0.3, 0.4) is 0 Å². The molecule has 19 heavy (non-hydrogen) atoms. The SMILES string of the molecule is Cc1ccc(C)c(C(C)N2CCOC(C(=O)O)C2)c1. The minimum Gasteiger partial charge on any atom is -0.479 e. The molecule has 2 atom stereocenters. The van der Waals surface area contributed by atoms with Gasteiger partial charge in [0, 0.05) is 19.1 Å². The normalized spacial score (nSPS) is 22.2. The van der Waals surface area contributed by atoms with Crippen molar-refractivity contribution in [2.24, 2.45) is 0 Å². The van der Waals surface area contributed by atoms with Crippen LogP contribution >= 0.6 is 0 Å². The quantitative estimate of drug-likeness (QED) is 0.908. The first kappa shape index (κ1) is 14.0. The van der Waals surface area contributed by atoms with Crippen LogP contribution in [0, 0.1) is 13.8 Å². The maximum Gasteiger partial charge on any atom is 0.334 e. The summed E-state index contributed by atoms with van der Waals surface area (Å²) in [4.78, 5) is 13.2. The molecule has 104 valence electrons. The van der Waals surface area contributed by atoms with Crippen molar-refractivity contribution in [1.82, 2.24) is 4.90 Å². The molecule has 4 nitrogen and oxygen atoms in total. The van der Waals surface area contributed by atoms with Crippen molar-refractivity contribution in [2.45, 2.75) is 32.9 Å². The van der Waals surface area contributed by atoms with Gasteiger partial charge in [-0.15, -0.1) is 0 Å². The molecule has 1 aliphatic rings. The van der Waals surface area contributed by atoms with Gasteiger partial charge in [0.05, 0.1) is 6.61 Å². The van der Waals surface area contributed by atoms with Gasteiger partial charge in [-0.3, -0.25) is 4.90 Å². The summed E-state index contributed by atoms with van der Waals surface area (Å²) in [7, 11) is 0. The van der Waals surface area contributed by atoms with Gasteiger partial charge in [0.25, 0.3) is 0 Å². The van der Waals surface area contributed by atoms with Crippen LogP contribution in [-0.4, -0.2) is 41.8 Å². The van der Waals surface area contributed by atoms with E-state index in [2.05, 4.69) is 43.9 Å². The molecule has 1 N–H and O–H groups in total. The maximum absolute atomic E-state index is 11.0. The summed E-state index contributed by atoms with van der Waals surface area (Å²) in [5.41, 5.74) is 3.75. The third-order valence-corrected chi connectivity index (χ3v) is 3.81. The average Bonchev–Trinajstić information content (AvgIpc) is 2.41. The Hall–Kier alpha value is -1.39. The predicted octanol–water partition coefficient (Wildman–Crippen LogP) is 2.15. The maximum atomic E-state index is 11.0. The predicted molar refractivity (Wildman–Crippen MR) is 73.3 cm³/mol. The summed E-state index contributed by atoms with van der Waals surface area (Å²) in [6.45, 7) is 8.01. The lowest BCUT2D eigenvalue weighted by Gasteiger charge is -2.36. The van der Waals surface area contributed by atoms with Crippen LogP contribution in [0.25, 0.3) is 0 Å². The first-order valence-corrected chi connectivity index (χ1v) is 6.64. The van der Waals surface area contributed by atoms with Gasteiger partial charge in [-0.1, -0.05) is 23.8 Å². The molecule has 0 radical (unpaired) electrons. The molecule has 1 saturated heterocycles. The number of carboxylic acids is 1. The van der Waals surface area contributed by atoms with Crippen LogP contribution in [0.15, 0.2) is 18.2 Å². The fourth-order valence-corrected chi connectivity index (χ4v) is 2.58. The lowest BCUT2D eigenvalue weighted by atomic mass is 9.98. The molecule has 0 amide bonds. The zero-order chi connectivity index (χ0) is 14.0. The van der Waals surface area contributed by atoms with E-state index in [1.165, 1.54) is 16.7 Å². The lowest BCUT2D eigenvalue weighted by molar-refractivity contribution is -0.157. The monoisotopic (exact) mass is 263 g/mol. The molecule has 2 unspecified atom stereocenters. The smallest absolute Gasteiger partial charge is 0.334 e. The van der Waals surface area contributed by atoms with Gasteiger partial charge >= 0.3 is 5.97 Å². The van der Waals surface area contributed by atoms with Crippen molar-refractivity contribution in [3.8, 4) is 0 Å². The van der Waals surface area contributed by atoms with Crippen molar-refractivity contribution < 1.29 is 14.6 Å². The Morgan fingerprint density at radius 3 is 2.89 bits per heavy atom. The molecule has 1 aromatic carbocycles. The average molecular weight is 263 g/mol. The zero-order valence-electron chi connectivity index (χ0n) is 11.7. The Labute approximate surface area is 114 Å². The number of carboxylic acid groups (broad SMARTS) is 1. The molecular formula is C15H21NO3. The van der Waals surface area contributed by atoms with Crippen molar-refractivity contribution in [1.29, 1.82) is 0 Å². The highest BCUT2D eigenvalue weighted by atomic mass is 16.5. The van der Waals surface area contributed by atoms with E-state index in [9.17, 15) is 4.79 Å². The zero-order valence-corrected chi connectivity index (χ0v) is 11.7. The molecule has 1 fully saturated rings. The molecule has 1 heterocycles. The van der Waals surface area contributed by atoms with Gasteiger partial charge in [0.15, 0.2) is 6.10 Å². The standard InChI is InChI=1S/C15H21NO3/c1-10-4-5-11(2)13(8-10)12(3)16-6-7-19-14(9-16)15(17)18/h4-5,8,12,14H,6-7,9H2,1-3H3,(H,17,18). The van der Waals surface area contributed by atoms with Crippen molar-refractivity contribution in [3.05, 3.63) is 34.9 Å². The van der Waals surface area contributed by atoms with Crippen LogP contribution in [0.2, 0.25) is 0 Å². The number of morpholine rings is 1. The lowest BCUT2D eigenvalue weighted by Crippen LogP contribution is -2.46. The van der Waals surface area contributed by atoms with Crippen LogP contribution in [0.1, 0.15) is 29.7 Å². The first-order chi connectivity index (χ1) is 8.99. The highest BCUT2D eigenvalue weighted by Gasteiger charge is 2.29. The summed E-state index contributed by atoms with van der Waals surface area (Å²) < 4.78 is 5.27. The molecular weight excluding hydrogens is 242 g/mol. The fraction of sp³-hybridized carbons (Fsp3) is 0.533. The van der Waals surface area contributed by atoms with E-state index in [0.29, 0.717) is 13.2 Å². The summed E-state index contributed by atoms with van der Waals surface area (Å²) in [5, 5.41) is 9.06. The highest BCUT2D eigenvalue weighted by Crippen LogP contribution is 2.26. The second kappa shape index (κ2) is 5.72. The molecule has 4 heteroatoms. The van der Waals surface area contributed by atoms with Gasteiger partial charge in [-0.25, -0.2) is 4.79 Å². The van der Waals surface area contributed by atoms with E-state index in [4.69, 9.17) is 9.84 Å². The van der Waals surface area contributed by atoms with Crippen molar-refractivity contribution >= 4 is 5.97 Å². The third-order valence-electron chi connectivity index (χ3n) is 3.81. The number of hydrogen-bond donors (Lipinski definition) is 1. The molecule has 2 rings (SSSR count). The van der Waals surface area contributed by atoms with E-state index in [1.807, 2.05) is 0 Å². The summed E-state index contributed by atoms with van der Waals surface area (Å²) in [6.07, 6.45) is -0.707. The molecule has 0 bridgehead atoms. The summed E-state index contributed by atoms with van der Waals surface area (Å²) in [6, 6.07) is 6.62. The number of carbonyl (C=O) groups is 1. The Kier molecular flexibility index (Phi) is 4.22. The number of aryl methyl sites for hydroxylation is 2. The summed E-state index contributed by atoms with van der Waals surface area (Å²) in [5.74, 6) is -0.877. The summed E-state index contributed by atoms with van der Waals surface area (Å²) >= 11 is 0. The Balaban J connectivity index is 2.16. The van der Waals surface area contributed by atoms with E-state index < -0.39 is 12.1 Å². The molecule has 0 saturated carbocycles. The van der Waals surface area contributed by atoms with Gasteiger partial charge in [0.2, 0.25) is 0 Å². The number of benzene rings is 1. The van der Waals surface area contributed by atoms with E-state index in [-0.39, 0.29) is 6.04 Å². The topological polar surface area (TPSA) is 49.8 Å². The second-order valence-electron chi connectivity index (χ2n) is 5.23. The number of hydrogen-bond acceptors (Lipinski definition) is 3. The van der Waals surface area contributed by atoms with Gasteiger partial charge < -0.3 is 9.84 Å². The van der Waals surface area contributed by atoms with Crippen LogP contribution in [0.4, 0.5) is 0 Å². The number of rotatable bonds is 3. The molecule has 0 aliphatic carbocycles. The Morgan fingerprint density at radius 2 is 2.21 bits per heavy atom. The second-order valence-corrected chi connectivity index (χ2v) is 5.23. The van der Waals surface area contributed by atoms with Crippen molar-refractivity contribution in [2.75, 3.05) is 19.7 Å². The molecule has 1 aliphatic heterocycles. The highest BCUT2D eigenvalue weighted by molar-refractivity contribution is 5.72. The van der Waals surface area contributed by atoms with Gasteiger partial charge in [-0.05, 0) is 31.9 Å². The first-order valence-electron chi connectivity index (χ1n) is 6.64. The molecule has 0 spiro atoms. The minimum absolute atomic E-state index is 0.214. The molecule has 0 aromatic heterocycles.